The summed E-state index contributed by atoms with van der Waals surface area (Å²) >= 11 is 0. The Hall–Kier alpha value is -1.25. The van der Waals surface area contributed by atoms with Crippen LogP contribution in [0.4, 0.5) is 0 Å². The molecule has 1 heterocycles. The first-order chi connectivity index (χ1) is 6.88. The summed E-state index contributed by atoms with van der Waals surface area (Å²) in [5, 5.41) is 2.91. The van der Waals surface area contributed by atoms with Gasteiger partial charge in [-0.05, 0) is 24.5 Å². The zero-order valence-corrected chi connectivity index (χ0v) is 9.83. The molecule has 0 radical (unpaired) electrons. The van der Waals surface area contributed by atoms with Gasteiger partial charge in [-0.15, -0.1) is 0 Å². The molecule has 0 aliphatic carbocycles. The first-order valence-corrected chi connectivity index (χ1v) is 5.21. The fourth-order valence-corrected chi connectivity index (χ4v) is 1.38. The van der Waals surface area contributed by atoms with Crippen LogP contribution < -0.4 is 5.32 Å². The molecule has 3 nitrogen and oxygen atoms in total. The van der Waals surface area contributed by atoms with E-state index in [-0.39, 0.29) is 17.4 Å². The van der Waals surface area contributed by atoms with E-state index in [1.807, 2.05) is 39.8 Å². The van der Waals surface area contributed by atoms with E-state index >= 15 is 0 Å². The topological polar surface area (TPSA) is 42.2 Å². The molecule has 1 unspecified atom stereocenters. The number of hydrogen-bond donors (Lipinski definition) is 1. The van der Waals surface area contributed by atoms with Crippen LogP contribution in [0.25, 0.3) is 0 Å². The molecule has 1 amide bonds. The highest BCUT2D eigenvalue weighted by molar-refractivity contribution is 5.76. The average molecular weight is 209 g/mol. The SMILES string of the molecule is CC(NC(=O)CC(C)(C)C)c1ccco1. The van der Waals surface area contributed by atoms with Crippen LogP contribution in [-0.4, -0.2) is 5.91 Å². The number of nitrogens with one attached hydrogen (secondary N) is 1. The third-order valence-corrected chi connectivity index (χ3v) is 2.04. The van der Waals surface area contributed by atoms with Crippen molar-refractivity contribution in [1.29, 1.82) is 0 Å². The molecule has 84 valence electrons. The van der Waals surface area contributed by atoms with E-state index in [2.05, 4.69) is 5.32 Å². The van der Waals surface area contributed by atoms with E-state index in [1.165, 1.54) is 0 Å². The standard InChI is InChI=1S/C12H19NO2/c1-9(10-6-5-7-15-10)13-11(14)8-12(2,3)4/h5-7,9H,8H2,1-4H3,(H,13,14). The molecule has 1 N–H and O–H groups in total. The molecule has 0 spiro atoms. The molecule has 0 aromatic carbocycles. The van der Waals surface area contributed by atoms with Gasteiger partial charge in [-0.3, -0.25) is 4.79 Å². The van der Waals surface area contributed by atoms with Crippen molar-refractivity contribution in [3.8, 4) is 0 Å². The summed E-state index contributed by atoms with van der Waals surface area (Å²) in [6, 6.07) is 3.62. The lowest BCUT2D eigenvalue weighted by Gasteiger charge is -2.19. The number of hydrogen-bond acceptors (Lipinski definition) is 2. The van der Waals surface area contributed by atoms with Gasteiger partial charge in [0.2, 0.25) is 5.91 Å². The van der Waals surface area contributed by atoms with Gasteiger partial charge in [-0.25, -0.2) is 0 Å². The number of amides is 1. The number of carbonyl (C=O) groups excluding carboxylic acids is 1. The molecule has 0 aliphatic rings. The Morgan fingerprint density at radius 2 is 2.20 bits per heavy atom. The van der Waals surface area contributed by atoms with Crippen molar-refractivity contribution >= 4 is 5.91 Å². The fourth-order valence-electron chi connectivity index (χ4n) is 1.38. The quantitative estimate of drug-likeness (QED) is 0.831. The van der Waals surface area contributed by atoms with Crippen molar-refractivity contribution in [3.63, 3.8) is 0 Å². The van der Waals surface area contributed by atoms with Gasteiger partial charge >= 0.3 is 0 Å². The Balaban J connectivity index is 2.45. The van der Waals surface area contributed by atoms with Gasteiger partial charge in [-0.1, -0.05) is 20.8 Å². The van der Waals surface area contributed by atoms with Crippen LogP contribution in [0.5, 0.6) is 0 Å². The van der Waals surface area contributed by atoms with Gasteiger partial charge in [0.1, 0.15) is 5.76 Å². The van der Waals surface area contributed by atoms with Crippen molar-refractivity contribution in [3.05, 3.63) is 24.2 Å². The summed E-state index contributed by atoms with van der Waals surface area (Å²) in [7, 11) is 0. The molecule has 1 atom stereocenters. The summed E-state index contributed by atoms with van der Waals surface area (Å²) in [6.45, 7) is 8.05. The monoisotopic (exact) mass is 209 g/mol. The molecule has 1 rings (SSSR count). The number of furan rings is 1. The van der Waals surface area contributed by atoms with E-state index in [0.29, 0.717) is 6.42 Å². The van der Waals surface area contributed by atoms with Crippen molar-refractivity contribution in [2.75, 3.05) is 0 Å². The van der Waals surface area contributed by atoms with Crippen LogP contribution in [0.15, 0.2) is 22.8 Å². The van der Waals surface area contributed by atoms with E-state index in [9.17, 15) is 4.79 Å². The molecule has 0 fully saturated rings. The first-order valence-electron chi connectivity index (χ1n) is 5.21. The maximum absolute atomic E-state index is 11.6. The van der Waals surface area contributed by atoms with E-state index in [1.54, 1.807) is 6.26 Å². The van der Waals surface area contributed by atoms with Crippen LogP contribution >= 0.6 is 0 Å². The van der Waals surface area contributed by atoms with E-state index < -0.39 is 0 Å². The fraction of sp³-hybridized carbons (Fsp3) is 0.583. The maximum atomic E-state index is 11.6. The van der Waals surface area contributed by atoms with Gasteiger partial charge in [0, 0.05) is 6.42 Å². The molecule has 1 aromatic rings. The highest BCUT2D eigenvalue weighted by Gasteiger charge is 2.18. The van der Waals surface area contributed by atoms with Gasteiger partial charge in [0.25, 0.3) is 0 Å². The third-order valence-electron chi connectivity index (χ3n) is 2.04. The maximum Gasteiger partial charge on any atom is 0.221 e. The van der Waals surface area contributed by atoms with Crippen LogP contribution in [0.1, 0.15) is 45.9 Å². The molecule has 3 heteroatoms. The molecule has 0 aliphatic heterocycles. The van der Waals surface area contributed by atoms with E-state index in [0.717, 1.165) is 5.76 Å². The summed E-state index contributed by atoms with van der Waals surface area (Å²) in [4.78, 5) is 11.6. The van der Waals surface area contributed by atoms with Gasteiger partial charge in [-0.2, -0.15) is 0 Å². The predicted octanol–water partition coefficient (Wildman–Crippen LogP) is 2.89. The lowest BCUT2D eigenvalue weighted by atomic mass is 9.92. The lowest BCUT2D eigenvalue weighted by Crippen LogP contribution is -2.29. The lowest BCUT2D eigenvalue weighted by molar-refractivity contribution is -0.123. The normalized spacial score (nSPS) is 13.6. The molecular weight excluding hydrogens is 190 g/mol. The van der Waals surface area contributed by atoms with Crippen LogP contribution in [0, 0.1) is 5.41 Å². The van der Waals surface area contributed by atoms with Crippen LogP contribution in [0.3, 0.4) is 0 Å². The summed E-state index contributed by atoms with van der Waals surface area (Å²) in [5.74, 6) is 0.851. The second-order valence-electron chi connectivity index (χ2n) is 5.04. The van der Waals surface area contributed by atoms with Crippen LogP contribution in [-0.2, 0) is 4.79 Å². The first kappa shape index (κ1) is 11.8. The Kier molecular flexibility index (Phi) is 3.56. The minimum absolute atomic E-state index is 0.0208. The number of rotatable bonds is 3. The molecular formula is C12H19NO2. The Bertz CT molecular complexity index is 309. The van der Waals surface area contributed by atoms with Gasteiger partial charge in [0.05, 0.1) is 12.3 Å². The van der Waals surface area contributed by atoms with Crippen molar-refractivity contribution in [2.24, 2.45) is 5.41 Å². The molecule has 15 heavy (non-hydrogen) atoms. The van der Waals surface area contributed by atoms with Crippen LogP contribution in [0.2, 0.25) is 0 Å². The highest BCUT2D eigenvalue weighted by atomic mass is 16.3. The van der Waals surface area contributed by atoms with Gasteiger partial charge in [0.15, 0.2) is 0 Å². The summed E-state index contributed by atoms with van der Waals surface area (Å²) in [6.07, 6.45) is 2.14. The minimum atomic E-state index is -0.0603. The highest BCUT2D eigenvalue weighted by Crippen LogP contribution is 2.19. The zero-order chi connectivity index (χ0) is 11.5. The minimum Gasteiger partial charge on any atom is -0.467 e. The zero-order valence-electron chi connectivity index (χ0n) is 9.83. The van der Waals surface area contributed by atoms with Crippen molar-refractivity contribution < 1.29 is 9.21 Å². The molecule has 0 bridgehead atoms. The van der Waals surface area contributed by atoms with Crippen molar-refractivity contribution in [2.45, 2.75) is 40.2 Å². The Morgan fingerprint density at radius 3 is 2.67 bits per heavy atom. The summed E-state index contributed by atoms with van der Waals surface area (Å²) in [5.41, 5.74) is 0.0208. The summed E-state index contributed by atoms with van der Waals surface area (Å²) < 4.78 is 5.21. The largest absolute Gasteiger partial charge is 0.467 e. The van der Waals surface area contributed by atoms with Crippen molar-refractivity contribution in [1.82, 2.24) is 5.32 Å². The third kappa shape index (κ3) is 4.19. The predicted molar refractivity (Wildman–Crippen MR) is 59.3 cm³/mol. The second-order valence-corrected chi connectivity index (χ2v) is 5.04. The van der Waals surface area contributed by atoms with Gasteiger partial charge < -0.3 is 9.73 Å². The Labute approximate surface area is 90.9 Å². The second kappa shape index (κ2) is 4.51. The molecule has 0 saturated carbocycles. The molecule has 1 aromatic heterocycles. The average Bonchev–Trinajstić information content (AvgIpc) is 2.50. The molecule has 0 saturated heterocycles. The number of carbonyl (C=O) groups is 1. The smallest absolute Gasteiger partial charge is 0.221 e. The van der Waals surface area contributed by atoms with E-state index in [4.69, 9.17) is 4.42 Å². The Morgan fingerprint density at radius 1 is 1.53 bits per heavy atom.